The van der Waals surface area contributed by atoms with Crippen molar-refractivity contribution in [1.29, 1.82) is 0 Å². The third-order valence-corrected chi connectivity index (χ3v) is 4.79. The first-order chi connectivity index (χ1) is 10.8. The quantitative estimate of drug-likeness (QED) is 0.431. The van der Waals surface area contributed by atoms with Crippen molar-refractivity contribution in [2.45, 2.75) is 25.7 Å². The molecule has 2 aromatic heterocycles. The van der Waals surface area contributed by atoms with Crippen molar-refractivity contribution in [2.24, 2.45) is 0 Å². The van der Waals surface area contributed by atoms with Gasteiger partial charge in [0.05, 0.1) is 11.2 Å². The van der Waals surface area contributed by atoms with Crippen molar-refractivity contribution in [1.82, 2.24) is 9.38 Å². The lowest BCUT2D eigenvalue weighted by Crippen LogP contribution is -2.04. The number of nitrogens with zero attached hydrogens (tertiary/aromatic N) is 2. The van der Waals surface area contributed by atoms with Gasteiger partial charge in [0.2, 0.25) is 0 Å². The highest BCUT2D eigenvalue weighted by Crippen LogP contribution is 2.33. The lowest BCUT2D eigenvalue weighted by molar-refractivity contribution is 0.628. The molecule has 0 fully saturated rings. The van der Waals surface area contributed by atoms with E-state index in [2.05, 4.69) is 16.5 Å². The van der Waals surface area contributed by atoms with E-state index in [1.54, 1.807) is 12.1 Å². The number of hydrogen-bond donors (Lipinski definition) is 0. The molecule has 2 aromatic carbocycles. The summed E-state index contributed by atoms with van der Waals surface area (Å²) in [5, 5.41) is 3.39. The van der Waals surface area contributed by atoms with Gasteiger partial charge in [-0.3, -0.25) is 4.40 Å². The topological polar surface area (TPSA) is 17.3 Å². The zero-order valence-corrected chi connectivity index (χ0v) is 12.1. The molecular formula is C19H15FN2. The third kappa shape index (κ3) is 1.51. The minimum atomic E-state index is -0.192. The molecule has 22 heavy (non-hydrogen) atoms. The maximum atomic E-state index is 13.9. The van der Waals surface area contributed by atoms with Gasteiger partial charge >= 0.3 is 0 Å². The molecule has 5 rings (SSSR count). The van der Waals surface area contributed by atoms with Gasteiger partial charge in [0.15, 0.2) is 0 Å². The van der Waals surface area contributed by atoms with E-state index in [4.69, 9.17) is 4.98 Å². The SMILES string of the molecule is Fc1ccc2c3ccccc3c3nc4c(n3c2c1)CCCC4. The summed E-state index contributed by atoms with van der Waals surface area (Å²) in [6.07, 6.45) is 4.44. The summed E-state index contributed by atoms with van der Waals surface area (Å²) in [6.45, 7) is 0. The second-order valence-corrected chi connectivity index (χ2v) is 6.08. The van der Waals surface area contributed by atoms with Gasteiger partial charge in [0.1, 0.15) is 11.5 Å². The summed E-state index contributed by atoms with van der Waals surface area (Å²) in [4.78, 5) is 4.90. The first-order valence-corrected chi connectivity index (χ1v) is 7.83. The minimum absolute atomic E-state index is 0.192. The number of halogens is 1. The van der Waals surface area contributed by atoms with Gasteiger partial charge in [0.25, 0.3) is 0 Å². The van der Waals surface area contributed by atoms with Gasteiger partial charge in [-0.25, -0.2) is 9.37 Å². The maximum absolute atomic E-state index is 13.9. The third-order valence-electron chi connectivity index (χ3n) is 4.79. The van der Waals surface area contributed by atoms with E-state index < -0.39 is 0 Å². The Kier molecular flexibility index (Phi) is 2.37. The van der Waals surface area contributed by atoms with Crippen LogP contribution in [-0.2, 0) is 12.8 Å². The van der Waals surface area contributed by atoms with E-state index in [1.165, 1.54) is 24.2 Å². The Bertz CT molecular complexity index is 1050. The fourth-order valence-electron chi connectivity index (χ4n) is 3.81. The molecule has 108 valence electrons. The highest BCUT2D eigenvalue weighted by Gasteiger charge is 2.20. The number of rotatable bonds is 0. The van der Waals surface area contributed by atoms with Crippen molar-refractivity contribution in [3.63, 3.8) is 0 Å². The van der Waals surface area contributed by atoms with Crippen molar-refractivity contribution in [2.75, 3.05) is 0 Å². The fraction of sp³-hybridized carbons (Fsp3) is 0.211. The number of aryl methyl sites for hydroxylation is 2. The number of benzene rings is 2. The highest BCUT2D eigenvalue weighted by atomic mass is 19.1. The Morgan fingerprint density at radius 2 is 1.73 bits per heavy atom. The number of imidazole rings is 1. The van der Waals surface area contributed by atoms with Crippen LogP contribution in [0.4, 0.5) is 4.39 Å². The second kappa shape index (κ2) is 4.29. The van der Waals surface area contributed by atoms with Crippen molar-refractivity contribution in [3.8, 4) is 0 Å². The Morgan fingerprint density at radius 3 is 2.64 bits per heavy atom. The van der Waals surface area contributed by atoms with E-state index in [1.807, 2.05) is 18.2 Å². The van der Waals surface area contributed by atoms with Crippen LogP contribution in [-0.4, -0.2) is 9.38 Å². The van der Waals surface area contributed by atoms with Crippen molar-refractivity contribution >= 4 is 27.3 Å². The van der Waals surface area contributed by atoms with Crippen LogP contribution in [0, 0.1) is 5.82 Å². The lowest BCUT2D eigenvalue weighted by Gasteiger charge is -2.13. The van der Waals surface area contributed by atoms with Gasteiger partial charge in [-0.15, -0.1) is 0 Å². The molecule has 0 spiro atoms. The average molecular weight is 290 g/mol. The number of aromatic nitrogens is 2. The molecule has 0 aliphatic heterocycles. The highest BCUT2D eigenvalue weighted by molar-refractivity contribution is 6.11. The first-order valence-electron chi connectivity index (χ1n) is 7.83. The van der Waals surface area contributed by atoms with E-state index in [9.17, 15) is 4.39 Å². The molecule has 0 atom stereocenters. The molecule has 3 heteroatoms. The van der Waals surface area contributed by atoms with Crippen LogP contribution >= 0.6 is 0 Å². The summed E-state index contributed by atoms with van der Waals surface area (Å²) >= 11 is 0. The first kappa shape index (κ1) is 12.2. The summed E-state index contributed by atoms with van der Waals surface area (Å²) < 4.78 is 16.1. The second-order valence-electron chi connectivity index (χ2n) is 6.08. The van der Waals surface area contributed by atoms with Gasteiger partial charge < -0.3 is 0 Å². The molecule has 0 unspecified atom stereocenters. The molecule has 1 aliphatic carbocycles. The van der Waals surface area contributed by atoms with Crippen LogP contribution < -0.4 is 0 Å². The number of fused-ring (bicyclic) bond motifs is 8. The van der Waals surface area contributed by atoms with E-state index in [-0.39, 0.29) is 5.82 Å². The molecule has 1 aliphatic rings. The Balaban J connectivity index is 2.12. The van der Waals surface area contributed by atoms with Crippen LogP contribution in [0.5, 0.6) is 0 Å². The molecule has 0 bridgehead atoms. The molecule has 0 amide bonds. The Hall–Kier alpha value is -2.42. The average Bonchev–Trinajstić information content (AvgIpc) is 2.95. The largest absolute Gasteiger partial charge is 0.296 e. The van der Waals surface area contributed by atoms with Crippen LogP contribution in [0.2, 0.25) is 0 Å². The summed E-state index contributed by atoms with van der Waals surface area (Å²) in [7, 11) is 0. The van der Waals surface area contributed by atoms with E-state index in [0.29, 0.717) is 0 Å². The lowest BCUT2D eigenvalue weighted by atomic mass is 10.0. The maximum Gasteiger partial charge on any atom is 0.145 e. The molecule has 0 N–H and O–H groups in total. The molecule has 0 saturated carbocycles. The number of hydrogen-bond acceptors (Lipinski definition) is 1. The predicted octanol–water partition coefficient (Wildman–Crippen LogP) is 4.66. The molecular weight excluding hydrogens is 275 g/mol. The standard InChI is InChI=1S/C19H15FN2/c20-12-9-10-14-13-5-1-2-6-15(13)19-21-16-7-3-4-8-17(16)22(19)18(14)11-12/h1-2,5-6,9-11H,3-4,7-8H2. The normalized spacial score (nSPS) is 14.8. The minimum Gasteiger partial charge on any atom is -0.296 e. The van der Waals surface area contributed by atoms with Gasteiger partial charge in [-0.05, 0) is 49.3 Å². The van der Waals surface area contributed by atoms with E-state index >= 15 is 0 Å². The molecule has 4 aromatic rings. The van der Waals surface area contributed by atoms with Crippen molar-refractivity contribution in [3.05, 3.63) is 59.7 Å². The summed E-state index contributed by atoms with van der Waals surface area (Å²) in [5.74, 6) is -0.192. The van der Waals surface area contributed by atoms with Gasteiger partial charge in [-0.2, -0.15) is 0 Å². The van der Waals surface area contributed by atoms with Crippen LogP contribution in [0.3, 0.4) is 0 Å². The molecule has 2 heterocycles. The Labute approximate surface area is 127 Å². The van der Waals surface area contributed by atoms with Gasteiger partial charge in [0, 0.05) is 16.5 Å². The fourth-order valence-corrected chi connectivity index (χ4v) is 3.81. The summed E-state index contributed by atoms with van der Waals surface area (Å²) in [6, 6.07) is 13.4. The predicted molar refractivity (Wildman–Crippen MR) is 86.8 cm³/mol. The molecule has 2 nitrogen and oxygen atoms in total. The Morgan fingerprint density at radius 1 is 0.909 bits per heavy atom. The van der Waals surface area contributed by atoms with Gasteiger partial charge in [-0.1, -0.05) is 24.3 Å². The number of pyridine rings is 1. The van der Waals surface area contributed by atoms with Crippen LogP contribution in [0.1, 0.15) is 24.2 Å². The van der Waals surface area contributed by atoms with E-state index in [0.717, 1.165) is 40.2 Å². The zero-order chi connectivity index (χ0) is 14.7. The zero-order valence-electron chi connectivity index (χ0n) is 12.1. The smallest absolute Gasteiger partial charge is 0.145 e. The monoisotopic (exact) mass is 290 g/mol. The van der Waals surface area contributed by atoms with Crippen molar-refractivity contribution < 1.29 is 4.39 Å². The molecule has 0 radical (unpaired) electrons. The molecule has 0 saturated heterocycles. The summed E-state index contributed by atoms with van der Waals surface area (Å²) in [5.41, 5.74) is 4.36. The van der Waals surface area contributed by atoms with Crippen LogP contribution in [0.15, 0.2) is 42.5 Å². The van der Waals surface area contributed by atoms with Crippen LogP contribution in [0.25, 0.3) is 27.3 Å².